The molecule has 0 aliphatic heterocycles. The number of rotatable bonds is 8. The highest BCUT2D eigenvalue weighted by molar-refractivity contribution is 5.83. The normalized spacial score (nSPS) is 13.5. The minimum Gasteiger partial charge on any atom is -0.481 e. The van der Waals surface area contributed by atoms with E-state index in [4.69, 9.17) is 4.74 Å². The van der Waals surface area contributed by atoms with Crippen molar-refractivity contribution in [3.8, 4) is 0 Å². The fourth-order valence-electron chi connectivity index (χ4n) is 1.74. The lowest BCUT2D eigenvalue weighted by Crippen LogP contribution is -2.45. The van der Waals surface area contributed by atoms with E-state index in [1.165, 1.54) is 0 Å². The summed E-state index contributed by atoms with van der Waals surface area (Å²) in [6, 6.07) is 8.87. The molecule has 0 bridgehead atoms. The van der Waals surface area contributed by atoms with Gasteiger partial charge in [-0.2, -0.15) is 0 Å². The highest BCUT2D eigenvalue weighted by Crippen LogP contribution is 2.23. The van der Waals surface area contributed by atoms with E-state index in [2.05, 4.69) is 5.32 Å². The molecule has 1 aromatic rings. The molecule has 110 valence electrons. The number of nitrogens with one attached hydrogen (secondary N) is 1. The number of carboxylic acids is 1. The maximum absolute atomic E-state index is 11.6. The summed E-state index contributed by atoms with van der Waals surface area (Å²) in [5, 5.41) is 12.0. The number of carboxylic acid groups (broad SMARTS) is 1. The van der Waals surface area contributed by atoms with Gasteiger partial charge < -0.3 is 15.2 Å². The number of hydrogen-bond donors (Lipinski definition) is 2. The summed E-state index contributed by atoms with van der Waals surface area (Å²) >= 11 is 0. The van der Waals surface area contributed by atoms with Gasteiger partial charge in [0.1, 0.15) is 12.0 Å². The second-order valence-corrected chi connectivity index (χ2v) is 4.83. The molecule has 1 unspecified atom stereocenters. The van der Waals surface area contributed by atoms with Crippen LogP contribution in [0.15, 0.2) is 30.3 Å². The van der Waals surface area contributed by atoms with E-state index in [0.29, 0.717) is 12.2 Å². The zero-order valence-electron chi connectivity index (χ0n) is 11.9. The van der Waals surface area contributed by atoms with Crippen LogP contribution in [0, 0.1) is 0 Å². The van der Waals surface area contributed by atoms with Crippen LogP contribution in [0.3, 0.4) is 0 Å². The first-order valence-corrected chi connectivity index (χ1v) is 6.64. The monoisotopic (exact) mass is 279 g/mol. The summed E-state index contributed by atoms with van der Waals surface area (Å²) in [6.45, 7) is 4.05. The lowest BCUT2D eigenvalue weighted by atomic mass is 9.82. The van der Waals surface area contributed by atoms with Crippen molar-refractivity contribution in [2.24, 2.45) is 0 Å². The average Bonchev–Trinajstić information content (AvgIpc) is 2.45. The van der Waals surface area contributed by atoms with Crippen molar-refractivity contribution in [1.29, 1.82) is 0 Å². The average molecular weight is 279 g/mol. The van der Waals surface area contributed by atoms with Crippen LogP contribution in [0.1, 0.15) is 25.8 Å². The maximum Gasteiger partial charge on any atom is 0.315 e. The fraction of sp³-hybridized carbons (Fsp3) is 0.467. The second kappa shape index (κ2) is 7.65. The molecular formula is C15H21NO4. The van der Waals surface area contributed by atoms with Crippen LogP contribution >= 0.6 is 0 Å². The zero-order valence-corrected chi connectivity index (χ0v) is 11.9. The van der Waals surface area contributed by atoms with Crippen molar-refractivity contribution in [2.45, 2.75) is 25.7 Å². The lowest BCUT2D eigenvalue weighted by molar-refractivity contribution is -0.143. The highest BCUT2D eigenvalue weighted by atomic mass is 16.5. The van der Waals surface area contributed by atoms with Gasteiger partial charge in [-0.1, -0.05) is 37.3 Å². The number of carbonyl (C=O) groups excluding carboxylic acids is 1. The second-order valence-electron chi connectivity index (χ2n) is 4.83. The number of aliphatic carboxylic acids is 1. The molecule has 1 amide bonds. The molecule has 0 saturated heterocycles. The molecule has 1 rings (SSSR count). The van der Waals surface area contributed by atoms with Gasteiger partial charge in [-0.25, -0.2) is 0 Å². The summed E-state index contributed by atoms with van der Waals surface area (Å²) in [6.07, 6.45) is 0.837. The quantitative estimate of drug-likeness (QED) is 0.708. The summed E-state index contributed by atoms with van der Waals surface area (Å²) in [5.74, 6) is -1.28. The highest BCUT2D eigenvalue weighted by Gasteiger charge is 2.35. The topological polar surface area (TPSA) is 75.6 Å². The van der Waals surface area contributed by atoms with Gasteiger partial charge in [-0.05, 0) is 18.9 Å². The van der Waals surface area contributed by atoms with Gasteiger partial charge in [0.2, 0.25) is 5.91 Å². The molecule has 0 saturated carbocycles. The van der Waals surface area contributed by atoms with Crippen LogP contribution in [0.4, 0.5) is 0 Å². The predicted octanol–water partition coefficient (Wildman–Crippen LogP) is 1.57. The number of ether oxygens (including phenoxy) is 1. The summed E-state index contributed by atoms with van der Waals surface area (Å²) in [4.78, 5) is 23.1. The Bertz CT molecular complexity index is 446. The van der Waals surface area contributed by atoms with E-state index in [0.717, 1.165) is 6.42 Å². The van der Waals surface area contributed by atoms with Crippen molar-refractivity contribution < 1.29 is 19.4 Å². The van der Waals surface area contributed by atoms with Crippen molar-refractivity contribution in [2.75, 3.05) is 19.8 Å². The molecule has 0 aliphatic rings. The summed E-state index contributed by atoms with van der Waals surface area (Å²) < 4.78 is 5.12. The lowest BCUT2D eigenvalue weighted by Gasteiger charge is -2.25. The predicted molar refractivity (Wildman–Crippen MR) is 75.5 cm³/mol. The Morgan fingerprint density at radius 2 is 1.95 bits per heavy atom. The molecule has 0 heterocycles. The van der Waals surface area contributed by atoms with E-state index in [-0.39, 0.29) is 19.1 Å². The Balaban J connectivity index is 2.65. The molecule has 1 atom stereocenters. The largest absolute Gasteiger partial charge is 0.481 e. The Morgan fingerprint density at radius 3 is 2.50 bits per heavy atom. The molecule has 0 aliphatic carbocycles. The van der Waals surface area contributed by atoms with Crippen LogP contribution in [0.5, 0.6) is 0 Å². The standard InChI is InChI=1S/C15H21NO4/c1-3-9-20-10-13(17)16-11-15(2,14(18)19)12-7-5-4-6-8-12/h4-8H,3,9-11H2,1-2H3,(H,16,17)(H,18,19). The Labute approximate surface area is 118 Å². The molecule has 1 aromatic carbocycles. The van der Waals surface area contributed by atoms with E-state index in [1.54, 1.807) is 31.2 Å². The SMILES string of the molecule is CCCOCC(=O)NCC(C)(C(=O)O)c1ccccc1. The molecule has 20 heavy (non-hydrogen) atoms. The third-order valence-corrected chi connectivity index (χ3v) is 3.10. The maximum atomic E-state index is 11.6. The van der Waals surface area contributed by atoms with Crippen LogP contribution in [-0.4, -0.2) is 36.7 Å². The molecule has 5 heteroatoms. The first-order chi connectivity index (χ1) is 9.50. The summed E-state index contributed by atoms with van der Waals surface area (Å²) in [5.41, 5.74) is -0.496. The van der Waals surface area contributed by atoms with Crippen LogP contribution in [0.25, 0.3) is 0 Å². The van der Waals surface area contributed by atoms with Crippen LogP contribution in [0.2, 0.25) is 0 Å². The van der Waals surface area contributed by atoms with Crippen molar-refractivity contribution in [3.63, 3.8) is 0 Å². The number of amides is 1. The molecular weight excluding hydrogens is 258 g/mol. The minimum absolute atomic E-state index is 0.0284. The van der Waals surface area contributed by atoms with Gasteiger partial charge in [-0.15, -0.1) is 0 Å². The Hall–Kier alpha value is -1.88. The fourth-order valence-corrected chi connectivity index (χ4v) is 1.74. The first kappa shape index (κ1) is 16.2. The first-order valence-electron chi connectivity index (χ1n) is 6.64. The van der Waals surface area contributed by atoms with Crippen LogP contribution in [-0.2, 0) is 19.7 Å². The van der Waals surface area contributed by atoms with E-state index >= 15 is 0 Å². The Kier molecular flexibility index (Phi) is 6.18. The number of carbonyl (C=O) groups is 2. The van der Waals surface area contributed by atoms with Gasteiger partial charge in [0.25, 0.3) is 0 Å². The molecule has 2 N–H and O–H groups in total. The molecule has 0 aromatic heterocycles. The van der Waals surface area contributed by atoms with Gasteiger partial charge in [0.15, 0.2) is 0 Å². The van der Waals surface area contributed by atoms with E-state index < -0.39 is 11.4 Å². The van der Waals surface area contributed by atoms with E-state index in [1.807, 2.05) is 13.0 Å². The molecule has 5 nitrogen and oxygen atoms in total. The van der Waals surface area contributed by atoms with Gasteiger partial charge in [0, 0.05) is 13.2 Å². The third kappa shape index (κ3) is 4.35. The third-order valence-electron chi connectivity index (χ3n) is 3.10. The van der Waals surface area contributed by atoms with Crippen molar-refractivity contribution in [3.05, 3.63) is 35.9 Å². The van der Waals surface area contributed by atoms with E-state index in [9.17, 15) is 14.7 Å². The number of hydrogen-bond acceptors (Lipinski definition) is 3. The molecule has 0 fully saturated rings. The van der Waals surface area contributed by atoms with Gasteiger partial charge >= 0.3 is 5.97 Å². The van der Waals surface area contributed by atoms with Gasteiger partial charge in [0.05, 0.1) is 0 Å². The van der Waals surface area contributed by atoms with Crippen molar-refractivity contribution >= 4 is 11.9 Å². The smallest absolute Gasteiger partial charge is 0.315 e. The summed E-state index contributed by atoms with van der Waals surface area (Å²) in [7, 11) is 0. The van der Waals surface area contributed by atoms with Crippen molar-refractivity contribution in [1.82, 2.24) is 5.32 Å². The number of benzene rings is 1. The molecule has 0 radical (unpaired) electrons. The van der Waals surface area contributed by atoms with Gasteiger partial charge in [-0.3, -0.25) is 9.59 Å². The zero-order chi connectivity index (χ0) is 15.0. The molecule has 0 spiro atoms. The van der Waals surface area contributed by atoms with Crippen LogP contribution < -0.4 is 5.32 Å². The minimum atomic E-state index is -1.15. The Morgan fingerprint density at radius 1 is 1.30 bits per heavy atom.